The second-order valence-electron chi connectivity index (χ2n) is 5.67. The number of ether oxygens (including phenoxy) is 1. The Morgan fingerprint density at radius 2 is 2.11 bits per heavy atom. The number of nitrogens with one attached hydrogen (secondary N) is 1. The van der Waals surface area contributed by atoms with E-state index in [1.54, 1.807) is 17.3 Å². The molecule has 1 aliphatic heterocycles. The van der Waals surface area contributed by atoms with Crippen LogP contribution in [0.15, 0.2) is 24.5 Å². The maximum Gasteiger partial charge on any atom is 0.410 e. The standard InChI is InChI=1S/C14H21N3O2/c1-14(2,3)19-13(18)17-9-8-16-10-12(17)11-4-6-15-7-5-11/h4-7,12,16H,8-10H2,1-3H3. The maximum atomic E-state index is 12.3. The minimum Gasteiger partial charge on any atom is -0.444 e. The Morgan fingerprint density at radius 3 is 2.74 bits per heavy atom. The fraction of sp³-hybridized carbons (Fsp3) is 0.571. The van der Waals surface area contributed by atoms with E-state index in [9.17, 15) is 4.79 Å². The second-order valence-corrected chi connectivity index (χ2v) is 5.67. The van der Waals surface area contributed by atoms with Crippen LogP contribution in [0.4, 0.5) is 4.79 Å². The molecule has 1 aliphatic rings. The van der Waals surface area contributed by atoms with Crippen LogP contribution in [-0.2, 0) is 4.74 Å². The third kappa shape index (κ3) is 3.67. The van der Waals surface area contributed by atoms with Gasteiger partial charge in [0.25, 0.3) is 0 Å². The molecule has 0 saturated carbocycles. The molecule has 5 nitrogen and oxygen atoms in total. The molecule has 1 N–H and O–H groups in total. The Bertz CT molecular complexity index is 428. The SMILES string of the molecule is CC(C)(C)OC(=O)N1CCNCC1c1ccncc1. The maximum absolute atomic E-state index is 12.3. The lowest BCUT2D eigenvalue weighted by molar-refractivity contribution is 0.0118. The van der Waals surface area contributed by atoms with Gasteiger partial charge in [-0.15, -0.1) is 0 Å². The summed E-state index contributed by atoms with van der Waals surface area (Å²) in [5.41, 5.74) is 0.609. The lowest BCUT2D eigenvalue weighted by atomic mass is 10.1. The van der Waals surface area contributed by atoms with E-state index in [1.165, 1.54) is 0 Å². The zero-order chi connectivity index (χ0) is 13.9. The predicted octanol–water partition coefficient (Wildman–Crippen LogP) is 1.96. The molecule has 1 unspecified atom stereocenters. The van der Waals surface area contributed by atoms with E-state index in [4.69, 9.17) is 4.74 Å². The van der Waals surface area contributed by atoms with Gasteiger partial charge in [0.05, 0.1) is 6.04 Å². The normalized spacial score (nSPS) is 20.2. The van der Waals surface area contributed by atoms with Gasteiger partial charge in [-0.1, -0.05) is 0 Å². The zero-order valence-corrected chi connectivity index (χ0v) is 11.7. The first kappa shape index (κ1) is 13.8. The van der Waals surface area contributed by atoms with Gasteiger partial charge in [-0.05, 0) is 38.5 Å². The number of carbonyl (C=O) groups is 1. The molecule has 0 bridgehead atoms. The number of carbonyl (C=O) groups excluding carboxylic acids is 1. The number of piperazine rings is 1. The van der Waals surface area contributed by atoms with Gasteiger partial charge in [-0.2, -0.15) is 0 Å². The molecule has 104 valence electrons. The van der Waals surface area contributed by atoms with Crippen LogP contribution >= 0.6 is 0 Å². The molecule has 0 aromatic carbocycles. The van der Waals surface area contributed by atoms with Crippen LogP contribution in [0, 0.1) is 0 Å². The monoisotopic (exact) mass is 263 g/mol. The molecule has 1 aromatic heterocycles. The minimum absolute atomic E-state index is 0.00611. The number of rotatable bonds is 1. The molecule has 0 aliphatic carbocycles. The Kier molecular flexibility index (Phi) is 4.04. The molecular weight excluding hydrogens is 242 g/mol. The Labute approximate surface area is 114 Å². The third-order valence-corrected chi connectivity index (χ3v) is 2.96. The Hall–Kier alpha value is -1.62. The van der Waals surface area contributed by atoms with Gasteiger partial charge in [0.15, 0.2) is 0 Å². The lowest BCUT2D eigenvalue weighted by Gasteiger charge is -2.37. The van der Waals surface area contributed by atoms with Crippen molar-refractivity contribution in [2.24, 2.45) is 0 Å². The van der Waals surface area contributed by atoms with Gasteiger partial charge >= 0.3 is 6.09 Å². The zero-order valence-electron chi connectivity index (χ0n) is 11.7. The van der Waals surface area contributed by atoms with Crippen molar-refractivity contribution in [1.82, 2.24) is 15.2 Å². The molecule has 1 fully saturated rings. The topological polar surface area (TPSA) is 54.5 Å². The van der Waals surface area contributed by atoms with Crippen LogP contribution in [0.3, 0.4) is 0 Å². The van der Waals surface area contributed by atoms with E-state index >= 15 is 0 Å². The van der Waals surface area contributed by atoms with Gasteiger partial charge in [-0.3, -0.25) is 9.88 Å². The van der Waals surface area contributed by atoms with Gasteiger partial charge in [0.2, 0.25) is 0 Å². The fourth-order valence-electron chi connectivity index (χ4n) is 2.13. The van der Waals surface area contributed by atoms with Crippen molar-refractivity contribution < 1.29 is 9.53 Å². The van der Waals surface area contributed by atoms with Crippen molar-refractivity contribution in [1.29, 1.82) is 0 Å². The van der Waals surface area contributed by atoms with Gasteiger partial charge in [0, 0.05) is 32.0 Å². The summed E-state index contributed by atoms with van der Waals surface area (Å²) in [5.74, 6) is 0. The fourth-order valence-corrected chi connectivity index (χ4v) is 2.13. The number of amides is 1. The van der Waals surface area contributed by atoms with Crippen molar-refractivity contribution in [3.05, 3.63) is 30.1 Å². The molecule has 1 aromatic rings. The lowest BCUT2D eigenvalue weighted by Crippen LogP contribution is -2.50. The first-order chi connectivity index (χ1) is 8.97. The summed E-state index contributed by atoms with van der Waals surface area (Å²) in [7, 11) is 0. The first-order valence-corrected chi connectivity index (χ1v) is 6.57. The first-order valence-electron chi connectivity index (χ1n) is 6.57. The van der Waals surface area contributed by atoms with Crippen LogP contribution in [0.1, 0.15) is 32.4 Å². The van der Waals surface area contributed by atoms with Gasteiger partial charge in [-0.25, -0.2) is 4.79 Å². The number of hydrogen-bond acceptors (Lipinski definition) is 4. The summed E-state index contributed by atoms with van der Waals surface area (Å²) in [6.07, 6.45) is 3.24. The summed E-state index contributed by atoms with van der Waals surface area (Å²) < 4.78 is 5.47. The van der Waals surface area contributed by atoms with Crippen LogP contribution < -0.4 is 5.32 Å². The van der Waals surface area contributed by atoms with Crippen molar-refractivity contribution in [2.75, 3.05) is 19.6 Å². The van der Waals surface area contributed by atoms with Crippen LogP contribution in [-0.4, -0.2) is 41.2 Å². The summed E-state index contributed by atoms with van der Waals surface area (Å²) >= 11 is 0. The van der Waals surface area contributed by atoms with E-state index < -0.39 is 5.60 Å². The Morgan fingerprint density at radius 1 is 1.42 bits per heavy atom. The number of nitrogens with zero attached hydrogens (tertiary/aromatic N) is 2. The number of hydrogen-bond donors (Lipinski definition) is 1. The molecule has 1 saturated heterocycles. The highest BCUT2D eigenvalue weighted by atomic mass is 16.6. The van der Waals surface area contributed by atoms with E-state index in [0.717, 1.165) is 18.7 Å². The van der Waals surface area contributed by atoms with Crippen LogP contribution in [0.5, 0.6) is 0 Å². The molecule has 1 atom stereocenters. The predicted molar refractivity (Wildman–Crippen MR) is 72.8 cm³/mol. The molecule has 1 amide bonds. The minimum atomic E-state index is -0.468. The summed E-state index contributed by atoms with van der Waals surface area (Å²) in [6.45, 7) is 7.84. The highest BCUT2D eigenvalue weighted by Crippen LogP contribution is 2.23. The number of pyridine rings is 1. The third-order valence-electron chi connectivity index (χ3n) is 2.96. The summed E-state index contributed by atoms with van der Waals surface area (Å²) in [6, 6.07) is 3.89. The average molecular weight is 263 g/mol. The molecule has 0 radical (unpaired) electrons. The summed E-state index contributed by atoms with van der Waals surface area (Å²) in [5, 5.41) is 3.31. The average Bonchev–Trinajstić information content (AvgIpc) is 2.38. The van der Waals surface area contributed by atoms with E-state index in [2.05, 4.69) is 10.3 Å². The molecule has 5 heteroatoms. The van der Waals surface area contributed by atoms with E-state index in [0.29, 0.717) is 6.54 Å². The van der Waals surface area contributed by atoms with Crippen LogP contribution in [0.25, 0.3) is 0 Å². The summed E-state index contributed by atoms with van der Waals surface area (Å²) in [4.78, 5) is 18.1. The Balaban J connectivity index is 2.15. The molecule has 2 heterocycles. The molecule has 2 rings (SSSR count). The largest absolute Gasteiger partial charge is 0.444 e. The molecule has 19 heavy (non-hydrogen) atoms. The highest BCUT2D eigenvalue weighted by molar-refractivity contribution is 5.69. The van der Waals surface area contributed by atoms with Crippen molar-refractivity contribution in [3.8, 4) is 0 Å². The molecule has 0 spiro atoms. The van der Waals surface area contributed by atoms with Crippen molar-refractivity contribution in [3.63, 3.8) is 0 Å². The smallest absolute Gasteiger partial charge is 0.410 e. The quantitative estimate of drug-likeness (QED) is 0.841. The van der Waals surface area contributed by atoms with Gasteiger partial charge < -0.3 is 10.1 Å². The molecular formula is C14H21N3O2. The van der Waals surface area contributed by atoms with Crippen LogP contribution in [0.2, 0.25) is 0 Å². The van der Waals surface area contributed by atoms with Crippen molar-refractivity contribution >= 4 is 6.09 Å². The van der Waals surface area contributed by atoms with E-state index in [-0.39, 0.29) is 12.1 Å². The van der Waals surface area contributed by atoms with Crippen molar-refractivity contribution in [2.45, 2.75) is 32.4 Å². The van der Waals surface area contributed by atoms with E-state index in [1.807, 2.05) is 32.9 Å². The second kappa shape index (κ2) is 5.57. The van der Waals surface area contributed by atoms with Gasteiger partial charge in [0.1, 0.15) is 5.60 Å². The number of aromatic nitrogens is 1. The highest BCUT2D eigenvalue weighted by Gasteiger charge is 2.31.